The predicted molar refractivity (Wildman–Crippen MR) is 108 cm³/mol. The van der Waals surface area contributed by atoms with E-state index in [-0.39, 0.29) is 11.5 Å². The maximum absolute atomic E-state index is 12.7. The van der Waals surface area contributed by atoms with Gasteiger partial charge in [0.1, 0.15) is 11.3 Å². The first-order chi connectivity index (χ1) is 13.6. The Morgan fingerprint density at radius 3 is 2.14 bits per heavy atom. The highest BCUT2D eigenvalue weighted by Gasteiger charge is 2.50. The third kappa shape index (κ3) is 4.66. The van der Waals surface area contributed by atoms with Crippen LogP contribution >= 0.6 is 23.2 Å². The molecule has 2 aromatic carbocycles. The lowest BCUT2D eigenvalue weighted by molar-refractivity contribution is -0.158. The number of amides is 2. The largest absolute Gasteiger partial charge is 0.484 e. The van der Waals surface area contributed by atoms with Crippen LogP contribution in [0.1, 0.15) is 13.3 Å². The summed E-state index contributed by atoms with van der Waals surface area (Å²) in [6, 6.07) is 11.9. The smallest absolute Gasteiger partial charge is 0.264 e. The highest BCUT2D eigenvalue weighted by Crippen LogP contribution is 2.31. The Hall–Kier alpha value is -2.29. The van der Waals surface area contributed by atoms with Gasteiger partial charge in [0.2, 0.25) is 0 Å². The molecule has 1 unspecified atom stereocenters. The molecule has 3 rings (SSSR count). The van der Waals surface area contributed by atoms with Crippen molar-refractivity contribution < 1.29 is 22.7 Å². The average Bonchev–Trinajstić information content (AvgIpc) is 2.66. The van der Waals surface area contributed by atoms with Gasteiger partial charge < -0.3 is 9.64 Å². The van der Waals surface area contributed by atoms with E-state index in [0.29, 0.717) is 28.8 Å². The zero-order chi connectivity index (χ0) is 21.2. The number of ether oxygens (including phenoxy) is 1. The van der Waals surface area contributed by atoms with Gasteiger partial charge in [-0.1, -0.05) is 23.2 Å². The first kappa shape index (κ1) is 21.4. The van der Waals surface area contributed by atoms with E-state index < -0.39 is 27.4 Å². The molecule has 1 aliphatic heterocycles. The molecule has 2 amide bonds. The van der Waals surface area contributed by atoms with Crippen molar-refractivity contribution in [2.24, 2.45) is 0 Å². The van der Waals surface area contributed by atoms with Crippen LogP contribution < -0.4 is 9.46 Å². The van der Waals surface area contributed by atoms with Crippen molar-refractivity contribution in [3.63, 3.8) is 0 Å². The summed E-state index contributed by atoms with van der Waals surface area (Å²) in [4.78, 5) is 26.4. The standard InChI is InChI=1S/C19H18Cl2N2O5S/c1-19(18(25)22-29(26,27)16-8-4-14(21)5-9-16)10-11-23(19)17(24)12-28-15-6-2-13(20)3-7-15/h2-9H,10-12H2,1H3,(H,22,25). The van der Waals surface area contributed by atoms with Crippen LogP contribution in [0.25, 0.3) is 0 Å². The molecular formula is C19H18Cl2N2O5S. The number of nitrogens with one attached hydrogen (secondary N) is 1. The lowest BCUT2D eigenvalue weighted by atomic mass is 9.86. The molecule has 1 atom stereocenters. The second-order valence-corrected chi connectivity index (χ2v) is 9.26. The molecule has 7 nitrogen and oxygen atoms in total. The number of halogens is 2. The van der Waals surface area contributed by atoms with Gasteiger partial charge in [-0.25, -0.2) is 13.1 Å². The monoisotopic (exact) mass is 456 g/mol. The SMILES string of the molecule is CC1(C(=O)NS(=O)(=O)c2ccc(Cl)cc2)CCN1C(=O)COc1ccc(Cl)cc1. The van der Waals surface area contributed by atoms with Gasteiger partial charge in [-0.15, -0.1) is 0 Å². The molecule has 0 saturated carbocycles. The topological polar surface area (TPSA) is 92.8 Å². The number of likely N-dealkylation sites (tertiary alicyclic amines) is 1. The van der Waals surface area contributed by atoms with Crippen molar-refractivity contribution in [2.75, 3.05) is 13.2 Å². The Morgan fingerprint density at radius 1 is 1.07 bits per heavy atom. The van der Waals surface area contributed by atoms with Gasteiger partial charge in [-0.05, 0) is 61.9 Å². The van der Waals surface area contributed by atoms with Crippen molar-refractivity contribution in [1.29, 1.82) is 0 Å². The summed E-state index contributed by atoms with van der Waals surface area (Å²) in [6.45, 7) is 1.56. The van der Waals surface area contributed by atoms with Crippen molar-refractivity contribution in [3.8, 4) is 5.75 Å². The van der Waals surface area contributed by atoms with Crippen LogP contribution in [0.3, 0.4) is 0 Å². The summed E-state index contributed by atoms with van der Waals surface area (Å²) < 4.78 is 32.3. The maximum Gasteiger partial charge on any atom is 0.264 e. The Bertz CT molecular complexity index is 1030. The van der Waals surface area contributed by atoms with Crippen LogP contribution in [0.4, 0.5) is 0 Å². The lowest BCUT2D eigenvalue weighted by Crippen LogP contribution is -2.68. The van der Waals surface area contributed by atoms with E-state index in [0.717, 1.165) is 0 Å². The summed E-state index contributed by atoms with van der Waals surface area (Å²) in [5.41, 5.74) is -1.28. The fraction of sp³-hybridized carbons (Fsp3) is 0.263. The Balaban J connectivity index is 1.64. The summed E-state index contributed by atoms with van der Waals surface area (Å²) in [7, 11) is -4.08. The van der Waals surface area contributed by atoms with Crippen LogP contribution in [0, 0.1) is 0 Å². The first-order valence-corrected chi connectivity index (χ1v) is 10.9. The number of nitrogens with zero attached hydrogens (tertiary/aromatic N) is 1. The van der Waals surface area contributed by atoms with E-state index in [2.05, 4.69) is 0 Å². The molecule has 154 valence electrons. The van der Waals surface area contributed by atoms with Gasteiger partial charge in [-0.3, -0.25) is 9.59 Å². The fourth-order valence-electron chi connectivity index (χ4n) is 2.85. The van der Waals surface area contributed by atoms with Crippen LogP contribution in [0.2, 0.25) is 10.0 Å². The van der Waals surface area contributed by atoms with Crippen molar-refractivity contribution >= 4 is 45.0 Å². The fourth-order valence-corrected chi connectivity index (χ4v) is 4.18. The van der Waals surface area contributed by atoms with Crippen molar-refractivity contribution in [2.45, 2.75) is 23.8 Å². The number of carbonyl (C=O) groups is 2. The Labute approximate surface area is 178 Å². The molecular weight excluding hydrogens is 439 g/mol. The number of sulfonamides is 1. The predicted octanol–water partition coefficient (Wildman–Crippen LogP) is 2.87. The lowest BCUT2D eigenvalue weighted by Gasteiger charge is -2.48. The van der Waals surface area contributed by atoms with Gasteiger partial charge in [0, 0.05) is 16.6 Å². The van der Waals surface area contributed by atoms with E-state index in [1.807, 2.05) is 4.72 Å². The maximum atomic E-state index is 12.7. The summed E-state index contributed by atoms with van der Waals surface area (Å²) in [6.07, 6.45) is 0.335. The van der Waals surface area contributed by atoms with Crippen LogP contribution in [-0.2, 0) is 19.6 Å². The minimum atomic E-state index is -4.08. The molecule has 2 aromatic rings. The second kappa shape index (κ2) is 8.22. The molecule has 29 heavy (non-hydrogen) atoms. The quantitative estimate of drug-likeness (QED) is 0.720. The van der Waals surface area contributed by atoms with E-state index in [1.54, 1.807) is 24.3 Å². The number of carbonyl (C=O) groups excluding carboxylic acids is 2. The van der Waals surface area contributed by atoms with Crippen molar-refractivity contribution in [1.82, 2.24) is 9.62 Å². The van der Waals surface area contributed by atoms with Crippen LogP contribution in [0.15, 0.2) is 53.4 Å². The first-order valence-electron chi connectivity index (χ1n) is 8.63. The summed E-state index contributed by atoms with van der Waals surface area (Å²) >= 11 is 11.6. The summed E-state index contributed by atoms with van der Waals surface area (Å²) in [5, 5.41) is 0.913. The van der Waals surface area contributed by atoms with Crippen molar-refractivity contribution in [3.05, 3.63) is 58.6 Å². The summed E-state index contributed by atoms with van der Waals surface area (Å²) in [5.74, 6) is -0.744. The molecule has 1 fully saturated rings. The molecule has 0 spiro atoms. The second-order valence-electron chi connectivity index (χ2n) is 6.70. The van der Waals surface area contributed by atoms with E-state index in [9.17, 15) is 18.0 Å². The zero-order valence-electron chi connectivity index (χ0n) is 15.4. The molecule has 0 aromatic heterocycles. The van der Waals surface area contributed by atoms with E-state index >= 15 is 0 Å². The van der Waals surface area contributed by atoms with Gasteiger partial charge in [-0.2, -0.15) is 0 Å². The number of rotatable bonds is 6. The van der Waals surface area contributed by atoms with Gasteiger partial charge >= 0.3 is 0 Å². The Morgan fingerprint density at radius 2 is 1.62 bits per heavy atom. The molecule has 1 N–H and O–H groups in total. The third-order valence-electron chi connectivity index (χ3n) is 4.74. The number of benzene rings is 2. The molecule has 1 saturated heterocycles. The minimum Gasteiger partial charge on any atom is -0.484 e. The van der Waals surface area contributed by atoms with E-state index in [4.69, 9.17) is 27.9 Å². The third-order valence-corrected chi connectivity index (χ3v) is 6.59. The van der Waals surface area contributed by atoms with Gasteiger partial charge in [0.15, 0.2) is 6.61 Å². The number of hydrogen-bond donors (Lipinski definition) is 1. The van der Waals surface area contributed by atoms with Crippen LogP contribution in [-0.4, -0.2) is 43.8 Å². The molecule has 1 aliphatic rings. The Kier molecular flexibility index (Phi) is 6.07. The highest BCUT2D eigenvalue weighted by atomic mass is 35.5. The molecule has 0 aliphatic carbocycles. The van der Waals surface area contributed by atoms with Gasteiger partial charge in [0.25, 0.3) is 21.8 Å². The molecule has 0 bridgehead atoms. The molecule has 0 radical (unpaired) electrons. The highest BCUT2D eigenvalue weighted by molar-refractivity contribution is 7.90. The van der Waals surface area contributed by atoms with Gasteiger partial charge in [0.05, 0.1) is 4.90 Å². The zero-order valence-corrected chi connectivity index (χ0v) is 17.7. The number of hydrogen-bond acceptors (Lipinski definition) is 5. The average molecular weight is 457 g/mol. The van der Waals surface area contributed by atoms with Crippen LogP contribution in [0.5, 0.6) is 5.75 Å². The molecule has 1 heterocycles. The molecule has 10 heteroatoms. The normalized spacial score (nSPS) is 18.7. The minimum absolute atomic E-state index is 0.0953. The van der Waals surface area contributed by atoms with E-state index in [1.165, 1.54) is 36.1 Å².